The van der Waals surface area contributed by atoms with E-state index in [1.54, 1.807) is 6.20 Å². The number of pyridine rings is 1. The van der Waals surface area contributed by atoms with Gasteiger partial charge in [-0.05, 0) is 31.4 Å². The minimum atomic E-state index is -0.249. The van der Waals surface area contributed by atoms with Crippen molar-refractivity contribution >= 4 is 27.6 Å². The number of aryl methyl sites for hydroxylation is 1. The molecule has 1 unspecified atom stereocenters. The van der Waals surface area contributed by atoms with E-state index in [1.807, 2.05) is 68.4 Å². The molecule has 2 aromatic heterocycles. The first kappa shape index (κ1) is 15.4. The van der Waals surface area contributed by atoms with Gasteiger partial charge >= 0.3 is 0 Å². The molecule has 0 aliphatic carbocycles. The van der Waals surface area contributed by atoms with Crippen LogP contribution in [0.5, 0.6) is 0 Å². The Kier molecular flexibility index (Phi) is 3.73. The molecule has 4 nitrogen and oxygen atoms in total. The molecule has 0 spiro atoms. The normalized spacial score (nSPS) is 12.4. The summed E-state index contributed by atoms with van der Waals surface area (Å²) in [6.45, 7) is 3.94. The van der Waals surface area contributed by atoms with Crippen LogP contribution in [-0.4, -0.2) is 10.9 Å². The largest absolute Gasteiger partial charge is 0.459 e. The second kappa shape index (κ2) is 6.06. The molecular weight excluding hydrogens is 312 g/mol. The molecule has 25 heavy (non-hydrogen) atoms. The molecule has 2 aromatic carbocycles. The number of aromatic nitrogens is 1. The highest BCUT2D eigenvalue weighted by atomic mass is 16.3. The molecule has 4 aromatic rings. The number of para-hydroxylation sites is 1. The van der Waals surface area contributed by atoms with Crippen molar-refractivity contribution in [1.82, 2.24) is 10.3 Å². The molecule has 0 saturated heterocycles. The fraction of sp³-hybridized carbons (Fsp3) is 0.143. The smallest absolute Gasteiger partial charge is 0.271 e. The first-order chi connectivity index (χ1) is 12.1. The molecule has 4 heteroatoms. The molecule has 0 saturated carbocycles. The summed E-state index contributed by atoms with van der Waals surface area (Å²) in [5.74, 6) is 0.568. The lowest BCUT2D eigenvalue weighted by Crippen LogP contribution is -2.27. The van der Waals surface area contributed by atoms with Crippen LogP contribution in [0.2, 0.25) is 0 Å². The number of benzene rings is 2. The van der Waals surface area contributed by atoms with E-state index in [0.717, 1.165) is 33.1 Å². The highest BCUT2D eigenvalue weighted by molar-refractivity contribution is 6.05. The summed E-state index contributed by atoms with van der Waals surface area (Å²) in [4.78, 5) is 17.0. The van der Waals surface area contributed by atoms with Crippen LogP contribution in [0.15, 0.2) is 65.2 Å². The summed E-state index contributed by atoms with van der Waals surface area (Å²) in [7, 11) is 0. The molecule has 1 amide bonds. The van der Waals surface area contributed by atoms with E-state index in [-0.39, 0.29) is 11.9 Å². The van der Waals surface area contributed by atoms with Crippen LogP contribution in [0, 0.1) is 6.92 Å². The Balaban J connectivity index is 1.66. The summed E-state index contributed by atoms with van der Waals surface area (Å²) < 4.78 is 5.95. The van der Waals surface area contributed by atoms with Crippen LogP contribution < -0.4 is 5.32 Å². The summed E-state index contributed by atoms with van der Waals surface area (Å²) in [6, 6.07) is 17.3. The number of fused-ring (bicyclic) bond motifs is 2. The van der Waals surface area contributed by atoms with Gasteiger partial charge in [-0.3, -0.25) is 9.78 Å². The predicted molar refractivity (Wildman–Crippen MR) is 98.6 cm³/mol. The van der Waals surface area contributed by atoms with Gasteiger partial charge < -0.3 is 9.73 Å². The summed E-state index contributed by atoms with van der Waals surface area (Å²) in [5.41, 5.74) is 2.31. The molecule has 0 radical (unpaired) electrons. The molecule has 0 aliphatic rings. The van der Waals surface area contributed by atoms with Crippen molar-refractivity contribution in [3.05, 3.63) is 77.8 Å². The quantitative estimate of drug-likeness (QED) is 0.588. The van der Waals surface area contributed by atoms with Gasteiger partial charge in [-0.25, -0.2) is 0 Å². The molecule has 0 fully saturated rings. The number of rotatable bonds is 3. The zero-order valence-corrected chi connectivity index (χ0v) is 14.1. The van der Waals surface area contributed by atoms with Gasteiger partial charge in [0.15, 0.2) is 0 Å². The van der Waals surface area contributed by atoms with E-state index in [0.29, 0.717) is 5.69 Å². The first-order valence-electron chi connectivity index (χ1n) is 8.28. The zero-order valence-electron chi connectivity index (χ0n) is 14.1. The van der Waals surface area contributed by atoms with Crippen molar-refractivity contribution in [1.29, 1.82) is 0 Å². The Morgan fingerprint density at radius 3 is 2.56 bits per heavy atom. The molecule has 4 rings (SSSR count). The van der Waals surface area contributed by atoms with Crippen molar-refractivity contribution in [2.24, 2.45) is 0 Å². The standard InChI is InChI=1S/C21H18N2O2/c1-13-16-8-5-6-10-18(16)25-20(13)14(2)23-21(24)19-17-9-4-3-7-15(17)11-12-22-19/h3-12,14H,1-2H3,(H,23,24). The van der Waals surface area contributed by atoms with Crippen LogP contribution in [-0.2, 0) is 0 Å². The third-order valence-corrected chi connectivity index (χ3v) is 4.51. The van der Waals surface area contributed by atoms with E-state index >= 15 is 0 Å². The third-order valence-electron chi connectivity index (χ3n) is 4.51. The van der Waals surface area contributed by atoms with E-state index in [1.165, 1.54) is 0 Å². The highest BCUT2D eigenvalue weighted by Gasteiger charge is 2.20. The van der Waals surface area contributed by atoms with Gasteiger partial charge in [-0.2, -0.15) is 0 Å². The van der Waals surface area contributed by atoms with Gasteiger partial charge in [0, 0.05) is 22.5 Å². The van der Waals surface area contributed by atoms with E-state index in [9.17, 15) is 4.79 Å². The number of furan rings is 1. The number of nitrogens with zero attached hydrogens (tertiary/aromatic N) is 1. The Hall–Kier alpha value is -3.14. The SMILES string of the molecule is Cc1c(C(C)NC(=O)c2nccc3ccccc23)oc2ccccc12. The highest BCUT2D eigenvalue weighted by Crippen LogP contribution is 2.29. The number of hydrogen-bond acceptors (Lipinski definition) is 3. The van der Waals surface area contributed by atoms with Crippen LogP contribution in [0.4, 0.5) is 0 Å². The van der Waals surface area contributed by atoms with Gasteiger partial charge in [0.05, 0.1) is 6.04 Å². The van der Waals surface area contributed by atoms with E-state index in [2.05, 4.69) is 10.3 Å². The van der Waals surface area contributed by atoms with Gasteiger partial charge in [0.25, 0.3) is 5.91 Å². The summed E-state index contributed by atoms with van der Waals surface area (Å²) >= 11 is 0. The molecule has 124 valence electrons. The van der Waals surface area contributed by atoms with Crippen molar-refractivity contribution in [2.45, 2.75) is 19.9 Å². The maximum atomic E-state index is 12.8. The second-order valence-corrected chi connectivity index (χ2v) is 6.16. The van der Waals surface area contributed by atoms with Gasteiger partial charge in [0.2, 0.25) is 0 Å². The Morgan fingerprint density at radius 1 is 1.04 bits per heavy atom. The average Bonchev–Trinajstić information content (AvgIpc) is 2.98. The Labute approximate surface area is 145 Å². The van der Waals surface area contributed by atoms with Crippen molar-refractivity contribution < 1.29 is 9.21 Å². The third kappa shape index (κ3) is 2.66. The summed E-state index contributed by atoms with van der Waals surface area (Å²) in [6.07, 6.45) is 1.66. The fourth-order valence-electron chi connectivity index (χ4n) is 3.24. The monoisotopic (exact) mass is 330 g/mol. The van der Waals surface area contributed by atoms with Crippen LogP contribution >= 0.6 is 0 Å². The van der Waals surface area contributed by atoms with Crippen molar-refractivity contribution in [2.75, 3.05) is 0 Å². The maximum absolute atomic E-state index is 12.8. The van der Waals surface area contributed by atoms with E-state index in [4.69, 9.17) is 4.42 Å². The molecule has 1 atom stereocenters. The first-order valence-corrected chi connectivity index (χ1v) is 8.28. The van der Waals surface area contributed by atoms with Gasteiger partial charge in [-0.15, -0.1) is 0 Å². The maximum Gasteiger partial charge on any atom is 0.271 e. The minimum absolute atomic E-state index is 0.204. The number of nitrogens with one attached hydrogen (secondary N) is 1. The Bertz CT molecular complexity index is 1080. The van der Waals surface area contributed by atoms with Crippen molar-refractivity contribution in [3.63, 3.8) is 0 Å². The summed E-state index contributed by atoms with van der Waals surface area (Å²) in [5, 5.41) is 5.92. The number of amides is 1. The number of hydrogen-bond donors (Lipinski definition) is 1. The lowest BCUT2D eigenvalue weighted by atomic mass is 10.1. The lowest BCUT2D eigenvalue weighted by molar-refractivity contribution is 0.0932. The topological polar surface area (TPSA) is 55.1 Å². The van der Waals surface area contributed by atoms with Crippen LogP contribution in [0.25, 0.3) is 21.7 Å². The molecule has 0 bridgehead atoms. The number of carbonyl (C=O) groups excluding carboxylic acids is 1. The van der Waals surface area contributed by atoms with E-state index < -0.39 is 0 Å². The fourth-order valence-corrected chi connectivity index (χ4v) is 3.24. The van der Waals surface area contributed by atoms with Crippen LogP contribution in [0.3, 0.4) is 0 Å². The molecular formula is C21H18N2O2. The molecule has 1 N–H and O–H groups in total. The average molecular weight is 330 g/mol. The van der Waals surface area contributed by atoms with Crippen molar-refractivity contribution in [3.8, 4) is 0 Å². The Morgan fingerprint density at radius 2 is 1.76 bits per heavy atom. The lowest BCUT2D eigenvalue weighted by Gasteiger charge is -2.13. The minimum Gasteiger partial charge on any atom is -0.459 e. The second-order valence-electron chi connectivity index (χ2n) is 6.16. The number of carbonyl (C=O) groups is 1. The molecule has 0 aliphatic heterocycles. The van der Waals surface area contributed by atoms with Gasteiger partial charge in [-0.1, -0.05) is 42.5 Å². The van der Waals surface area contributed by atoms with Crippen LogP contribution in [0.1, 0.15) is 34.8 Å². The molecule has 2 heterocycles. The zero-order chi connectivity index (χ0) is 17.4. The van der Waals surface area contributed by atoms with Gasteiger partial charge in [0.1, 0.15) is 17.0 Å². The predicted octanol–water partition coefficient (Wildman–Crippen LogP) is 4.78.